The van der Waals surface area contributed by atoms with Crippen LogP contribution in [0.1, 0.15) is 22.2 Å². The van der Waals surface area contributed by atoms with Gasteiger partial charge in [0.15, 0.2) is 0 Å². The summed E-state index contributed by atoms with van der Waals surface area (Å²) >= 11 is 0. The maximum atomic E-state index is 12.4. The third-order valence-corrected chi connectivity index (χ3v) is 4.12. The molecule has 9 heteroatoms. The number of amides is 1. The molecule has 1 unspecified atom stereocenters. The summed E-state index contributed by atoms with van der Waals surface area (Å²) in [6, 6.07) is 4.23. The first-order valence-corrected chi connectivity index (χ1v) is 8.14. The number of aromatic nitrogens is 4. The van der Waals surface area contributed by atoms with Gasteiger partial charge < -0.3 is 14.8 Å². The van der Waals surface area contributed by atoms with Crippen LogP contribution in [0, 0.1) is 0 Å². The molecule has 3 rings (SSSR count). The molecular formula is C16H22N6O3. The van der Waals surface area contributed by atoms with E-state index in [2.05, 4.69) is 25.3 Å². The van der Waals surface area contributed by atoms with Gasteiger partial charge >= 0.3 is 6.01 Å². The zero-order chi connectivity index (χ0) is 17.6. The normalized spacial score (nSPS) is 16.4. The van der Waals surface area contributed by atoms with Gasteiger partial charge in [-0.3, -0.25) is 14.7 Å². The van der Waals surface area contributed by atoms with Crippen LogP contribution in [0.5, 0.6) is 6.01 Å². The Morgan fingerprint density at radius 1 is 1.44 bits per heavy atom. The van der Waals surface area contributed by atoms with E-state index >= 15 is 0 Å². The second kappa shape index (κ2) is 8.04. The van der Waals surface area contributed by atoms with Gasteiger partial charge in [-0.15, -0.1) is 5.10 Å². The topological polar surface area (TPSA) is 94.4 Å². The number of nitrogens with one attached hydrogen (secondary N) is 1. The first-order valence-electron chi connectivity index (χ1n) is 8.14. The van der Waals surface area contributed by atoms with Crippen LogP contribution in [0.25, 0.3) is 0 Å². The molecule has 1 amide bonds. The molecule has 9 nitrogen and oxygen atoms in total. The number of ether oxygens (including phenoxy) is 2. The molecule has 0 saturated carbocycles. The summed E-state index contributed by atoms with van der Waals surface area (Å²) in [7, 11) is 3.16. The summed E-state index contributed by atoms with van der Waals surface area (Å²) in [4.78, 5) is 22.9. The van der Waals surface area contributed by atoms with Crippen molar-refractivity contribution < 1.29 is 14.3 Å². The summed E-state index contributed by atoms with van der Waals surface area (Å²) in [6.07, 6.45) is 3.57. The molecule has 1 aliphatic rings. The Bertz CT molecular complexity index is 699. The molecule has 2 aromatic heterocycles. The molecule has 0 bridgehead atoms. The maximum Gasteiger partial charge on any atom is 0.314 e. The zero-order valence-corrected chi connectivity index (χ0v) is 14.4. The molecular weight excluding hydrogens is 324 g/mol. The molecule has 1 atom stereocenters. The fourth-order valence-corrected chi connectivity index (χ4v) is 2.83. The van der Waals surface area contributed by atoms with E-state index in [9.17, 15) is 4.79 Å². The number of hydrogen-bond acceptors (Lipinski definition) is 7. The van der Waals surface area contributed by atoms with Gasteiger partial charge in [0.25, 0.3) is 5.91 Å². The molecule has 1 saturated heterocycles. The van der Waals surface area contributed by atoms with Crippen molar-refractivity contribution in [2.45, 2.75) is 6.04 Å². The highest BCUT2D eigenvalue weighted by molar-refractivity contribution is 5.90. The third-order valence-electron chi connectivity index (χ3n) is 4.12. The second-order valence-corrected chi connectivity index (χ2v) is 5.71. The fourth-order valence-electron chi connectivity index (χ4n) is 2.83. The molecule has 134 valence electrons. The van der Waals surface area contributed by atoms with Crippen LogP contribution in [0.4, 0.5) is 0 Å². The number of pyridine rings is 1. The summed E-state index contributed by atoms with van der Waals surface area (Å²) in [5, 5.41) is 6.98. The third kappa shape index (κ3) is 4.12. The van der Waals surface area contributed by atoms with Crippen molar-refractivity contribution >= 4 is 5.91 Å². The Balaban J connectivity index is 1.70. The van der Waals surface area contributed by atoms with E-state index in [1.54, 1.807) is 13.2 Å². The van der Waals surface area contributed by atoms with Crippen molar-refractivity contribution in [3.05, 3.63) is 35.9 Å². The van der Waals surface area contributed by atoms with E-state index in [1.807, 2.05) is 18.3 Å². The standard InChI is InChI=1S/C16H22N6O3/c1-21-16(24-2)19-14(20-21)15(23)18-11-13(12-4-3-5-17-10-12)22-6-8-25-9-7-22/h3-5,10,13H,6-9,11H2,1-2H3,(H,18,23). The number of nitrogens with zero attached hydrogens (tertiary/aromatic N) is 5. The minimum atomic E-state index is -0.332. The predicted molar refractivity (Wildman–Crippen MR) is 89.3 cm³/mol. The van der Waals surface area contributed by atoms with Crippen molar-refractivity contribution in [2.24, 2.45) is 7.05 Å². The van der Waals surface area contributed by atoms with Gasteiger partial charge in [0.2, 0.25) is 5.82 Å². The van der Waals surface area contributed by atoms with Crippen LogP contribution >= 0.6 is 0 Å². The monoisotopic (exact) mass is 346 g/mol. The number of methoxy groups -OCH3 is 1. The van der Waals surface area contributed by atoms with Crippen molar-refractivity contribution in [3.8, 4) is 6.01 Å². The van der Waals surface area contributed by atoms with Gasteiger partial charge in [0.05, 0.1) is 26.4 Å². The number of aryl methyl sites for hydroxylation is 1. The lowest BCUT2D eigenvalue weighted by Crippen LogP contribution is -2.44. The summed E-state index contributed by atoms with van der Waals surface area (Å²) in [5.41, 5.74) is 1.05. The maximum absolute atomic E-state index is 12.4. The van der Waals surface area contributed by atoms with Gasteiger partial charge in [-0.2, -0.15) is 4.98 Å². The van der Waals surface area contributed by atoms with Crippen molar-refractivity contribution in [1.82, 2.24) is 30.0 Å². The van der Waals surface area contributed by atoms with E-state index in [4.69, 9.17) is 9.47 Å². The lowest BCUT2D eigenvalue weighted by Gasteiger charge is -2.34. The van der Waals surface area contributed by atoms with E-state index < -0.39 is 0 Å². The quantitative estimate of drug-likeness (QED) is 0.788. The molecule has 0 aromatic carbocycles. The van der Waals surface area contributed by atoms with E-state index in [0.717, 1.165) is 18.7 Å². The zero-order valence-electron chi connectivity index (χ0n) is 14.4. The average molecular weight is 346 g/mol. The van der Waals surface area contributed by atoms with Gasteiger partial charge in [-0.05, 0) is 11.6 Å². The molecule has 2 aromatic rings. The van der Waals surface area contributed by atoms with Crippen LogP contribution in [0.2, 0.25) is 0 Å². The molecule has 0 aliphatic carbocycles. The van der Waals surface area contributed by atoms with Gasteiger partial charge in [0, 0.05) is 39.1 Å². The highest BCUT2D eigenvalue weighted by Crippen LogP contribution is 2.20. The Morgan fingerprint density at radius 3 is 2.88 bits per heavy atom. The Morgan fingerprint density at radius 2 is 2.24 bits per heavy atom. The Labute approximate surface area is 146 Å². The van der Waals surface area contributed by atoms with Crippen LogP contribution < -0.4 is 10.1 Å². The fraction of sp³-hybridized carbons (Fsp3) is 0.500. The second-order valence-electron chi connectivity index (χ2n) is 5.71. The molecule has 1 aliphatic heterocycles. The van der Waals surface area contributed by atoms with Crippen LogP contribution in [-0.4, -0.2) is 70.5 Å². The van der Waals surface area contributed by atoms with E-state index in [-0.39, 0.29) is 17.8 Å². The number of hydrogen-bond donors (Lipinski definition) is 1. The molecule has 1 fully saturated rings. The van der Waals surface area contributed by atoms with Crippen LogP contribution in [-0.2, 0) is 11.8 Å². The number of carbonyl (C=O) groups excluding carboxylic acids is 1. The molecule has 1 N–H and O–H groups in total. The van der Waals surface area contributed by atoms with Gasteiger partial charge in [0.1, 0.15) is 0 Å². The van der Waals surface area contributed by atoms with Crippen LogP contribution in [0.3, 0.4) is 0 Å². The average Bonchev–Trinajstić information content (AvgIpc) is 3.04. The predicted octanol–water partition coefficient (Wildman–Crippen LogP) is 0.0220. The lowest BCUT2D eigenvalue weighted by atomic mass is 10.1. The lowest BCUT2D eigenvalue weighted by molar-refractivity contribution is 0.0161. The van der Waals surface area contributed by atoms with Crippen molar-refractivity contribution in [2.75, 3.05) is 40.0 Å². The first kappa shape index (κ1) is 17.3. The SMILES string of the molecule is COc1nc(C(=O)NCC(c2cccnc2)N2CCOCC2)nn1C. The minimum Gasteiger partial charge on any atom is -0.467 e. The number of morpholine rings is 1. The van der Waals surface area contributed by atoms with E-state index in [0.29, 0.717) is 25.8 Å². The largest absolute Gasteiger partial charge is 0.467 e. The molecule has 0 radical (unpaired) electrons. The van der Waals surface area contributed by atoms with Crippen LogP contribution in [0.15, 0.2) is 24.5 Å². The minimum absolute atomic E-state index is 0.0205. The first-order chi connectivity index (χ1) is 12.2. The van der Waals surface area contributed by atoms with Gasteiger partial charge in [-0.1, -0.05) is 6.07 Å². The smallest absolute Gasteiger partial charge is 0.314 e. The number of carbonyl (C=O) groups is 1. The summed E-state index contributed by atoms with van der Waals surface area (Å²) < 4.78 is 11.9. The van der Waals surface area contributed by atoms with Gasteiger partial charge in [-0.25, -0.2) is 4.68 Å². The Hall–Kier alpha value is -2.52. The van der Waals surface area contributed by atoms with Crippen molar-refractivity contribution in [1.29, 1.82) is 0 Å². The number of rotatable bonds is 6. The summed E-state index contributed by atoms with van der Waals surface area (Å²) in [5.74, 6) is -0.243. The summed E-state index contributed by atoms with van der Waals surface area (Å²) in [6.45, 7) is 3.43. The highest BCUT2D eigenvalue weighted by atomic mass is 16.5. The Kier molecular flexibility index (Phi) is 5.56. The molecule has 3 heterocycles. The van der Waals surface area contributed by atoms with Crippen molar-refractivity contribution in [3.63, 3.8) is 0 Å². The molecule has 25 heavy (non-hydrogen) atoms. The highest BCUT2D eigenvalue weighted by Gasteiger charge is 2.24. The van der Waals surface area contributed by atoms with E-state index in [1.165, 1.54) is 11.8 Å². The molecule has 0 spiro atoms.